The number of rotatable bonds is 8. The minimum absolute atomic E-state index is 0.144. The Kier molecular flexibility index (Phi) is 8.43. The monoisotopic (exact) mass is 394 g/mol. The number of methoxy groups -OCH3 is 1. The molecular formula is C19H26N2O7. The fourth-order valence-corrected chi connectivity index (χ4v) is 2.29. The Labute approximate surface area is 163 Å². The minimum Gasteiger partial charge on any atom is -0.481 e. The molecule has 0 heterocycles. The molecule has 0 saturated carbocycles. The molecule has 9 nitrogen and oxygen atoms in total. The van der Waals surface area contributed by atoms with Gasteiger partial charge in [-0.1, -0.05) is 30.3 Å². The first-order valence-corrected chi connectivity index (χ1v) is 8.65. The molecule has 0 aliphatic heterocycles. The molecule has 0 saturated heterocycles. The number of aliphatic carboxylic acids is 1. The van der Waals surface area contributed by atoms with Gasteiger partial charge in [0.25, 0.3) is 0 Å². The highest BCUT2D eigenvalue weighted by molar-refractivity contribution is 5.92. The van der Waals surface area contributed by atoms with Gasteiger partial charge in [0, 0.05) is 6.42 Å². The molecule has 0 unspecified atom stereocenters. The lowest BCUT2D eigenvalue weighted by Gasteiger charge is -2.24. The summed E-state index contributed by atoms with van der Waals surface area (Å²) in [5.74, 6) is -2.82. The Morgan fingerprint density at radius 3 is 2.14 bits per heavy atom. The summed E-state index contributed by atoms with van der Waals surface area (Å²) in [4.78, 5) is 47.6. The second kappa shape index (κ2) is 10.3. The SMILES string of the molecule is COC(=O)[C@H](Cc1ccccc1)NC(=O)[C@H](CC(=O)O)NC(=O)OC(C)(C)C. The van der Waals surface area contributed by atoms with E-state index in [9.17, 15) is 19.2 Å². The van der Waals surface area contributed by atoms with E-state index in [0.717, 1.165) is 5.56 Å². The topological polar surface area (TPSA) is 131 Å². The highest BCUT2D eigenvalue weighted by Crippen LogP contribution is 2.08. The van der Waals surface area contributed by atoms with E-state index in [1.807, 2.05) is 6.07 Å². The van der Waals surface area contributed by atoms with Crippen molar-refractivity contribution in [1.82, 2.24) is 10.6 Å². The van der Waals surface area contributed by atoms with E-state index >= 15 is 0 Å². The van der Waals surface area contributed by atoms with E-state index in [-0.39, 0.29) is 6.42 Å². The van der Waals surface area contributed by atoms with Gasteiger partial charge in [0.1, 0.15) is 17.7 Å². The van der Waals surface area contributed by atoms with Crippen LogP contribution in [0.5, 0.6) is 0 Å². The molecule has 1 rings (SSSR count). The Morgan fingerprint density at radius 2 is 1.64 bits per heavy atom. The second-order valence-electron chi connectivity index (χ2n) is 7.07. The third-order valence-corrected chi connectivity index (χ3v) is 3.47. The van der Waals surface area contributed by atoms with Crippen LogP contribution >= 0.6 is 0 Å². The molecular weight excluding hydrogens is 368 g/mol. The molecule has 0 aromatic heterocycles. The van der Waals surface area contributed by atoms with Crippen LogP contribution in [0.4, 0.5) is 4.79 Å². The van der Waals surface area contributed by atoms with Crippen LogP contribution in [0.3, 0.4) is 0 Å². The Morgan fingerprint density at radius 1 is 1.04 bits per heavy atom. The molecule has 3 N–H and O–H groups in total. The number of ether oxygens (including phenoxy) is 2. The van der Waals surface area contributed by atoms with Crippen LogP contribution in [0, 0.1) is 0 Å². The maximum atomic E-state index is 12.5. The van der Waals surface area contributed by atoms with Gasteiger partial charge in [0.2, 0.25) is 5.91 Å². The zero-order chi connectivity index (χ0) is 21.3. The minimum atomic E-state index is -1.42. The number of hydrogen-bond acceptors (Lipinski definition) is 6. The molecule has 1 aromatic carbocycles. The first kappa shape index (κ1) is 22.9. The van der Waals surface area contributed by atoms with Gasteiger partial charge in [-0.25, -0.2) is 9.59 Å². The Bertz CT molecular complexity index is 698. The standard InChI is InChI=1S/C19H26N2O7/c1-19(2,3)28-18(26)21-13(11-15(22)23)16(24)20-14(17(25)27-4)10-12-8-6-5-7-9-12/h5-9,13-14H,10-11H2,1-4H3,(H,20,24)(H,21,26)(H,22,23)/t13-,14-/m0/s1. The van der Waals surface area contributed by atoms with Gasteiger partial charge in [-0.05, 0) is 26.3 Å². The number of alkyl carbamates (subject to hydrolysis) is 1. The lowest BCUT2D eigenvalue weighted by molar-refractivity contribution is -0.145. The lowest BCUT2D eigenvalue weighted by Crippen LogP contribution is -2.53. The second-order valence-corrected chi connectivity index (χ2v) is 7.07. The van der Waals surface area contributed by atoms with E-state index < -0.39 is 48.0 Å². The molecule has 2 amide bonds. The number of amides is 2. The van der Waals surface area contributed by atoms with Crippen molar-refractivity contribution in [2.24, 2.45) is 0 Å². The summed E-state index contributed by atoms with van der Waals surface area (Å²) in [5, 5.41) is 13.7. The van der Waals surface area contributed by atoms with Crippen LogP contribution in [0.25, 0.3) is 0 Å². The lowest BCUT2D eigenvalue weighted by atomic mass is 10.1. The van der Waals surface area contributed by atoms with Crippen molar-refractivity contribution in [2.45, 2.75) is 51.3 Å². The van der Waals surface area contributed by atoms with Gasteiger partial charge in [0.15, 0.2) is 0 Å². The Balaban J connectivity index is 2.90. The number of hydrogen-bond donors (Lipinski definition) is 3. The van der Waals surface area contributed by atoms with Crippen molar-refractivity contribution in [3.05, 3.63) is 35.9 Å². The maximum Gasteiger partial charge on any atom is 0.408 e. The number of carbonyl (C=O) groups is 4. The van der Waals surface area contributed by atoms with E-state index in [2.05, 4.69) is 10.6 Å². The number of nitrogens with one attached hydrogen (secondary N) is 2. The number of esters is 1. The van der Waals surface area contributed by atoms with Crippen molar-refractivity contribution in [3.63, 3.8) is 0 Å². The van der Waals surface area contributed by atoms with Crippen LogP contribution in [0.15, 0.2) is 30.3 Å². The molecule has 2 atom stereocenters. The molecule has 154 valence electrons. The summed E-state index contributed by atoms with van der Waals surface area (Å²) in [5.41, 5.74) is -0.0518. The van der Waals surface area contributed by atoms with E-state index in [1.54, 1.807) is 45.0 Å². The molecule has 0 spiro atoms. The van der Waals surface area contributed by atoms with Gasteiger partial charge in [-0.15, -0.1) is 0 Å². The first-order chi connectivity index (χ1) is 13.0. The predicted molar refractivity (Wildman–Crippen MR) is 99.5 cm³/mol. The summed E-state index contributed by atoms with van der Waals surface area (Å²) in [7, 11) is 1.18. The van der Waals surface area contributed by atoms with Crippen LogP contribution < -0.4 is 10.6 Å². The first-order valence-electron chi connectivity index (χ1n) is 8.65. The summed E-state index contributed by atoms with van der Waals surface area (Å²) in [6.07, 6.45) is -1.47. The Hall–Kier alpha value is -3.10. The van der Waals surface area contributed by atoms with Crippen LogP contribution in [0.1, 0.15) is 32.8 Å². The summed E-state index contributed by atoms with van der Waals surface area (Å²) in [6, 6.07) is 6.45. The van der Waals surface area contributed by atoms with Crippen LogP contribution in [0.2, 0.25) is 0 Å². The normalized spacial score (nSPS) is 13.0. The quantitative estimate of drug-likeness (QED) is 0.566. The average Bonchev–Trinajstić information content (AvgIpc) is 2.58. The molecule has 28 heavy (non-hydrogen) atoms. The van der Waals surface area contributed by atoms with E-state index in [1.165, 1.54) is 7.11 Å². The highest BCUT2D eigenvalue weighted by atomic mass is 16.6. The fraction of sp³-hybridized carbons (Fsp3) is 0.474. The van der Waals surface area contributed by atoms with Gasteiger partial charge in [0.05, 0.1) is 13.5 Å². The van der Waals surface area contributed by atoms with Gasteiger partial charge in [-0.2, -0.15) is 0 Å². The number of carboxylic acid groups (broad SMARTS) is 1. The molecule has 0 radical (unpaired) electrons. The summed E-state index contributed by atoms with van der Waals surface area (Å²) >= 11 is 0. The molecule has 0 aliphatic carbocycles. The van der Waals surface area contributed by atoms with E-state index in [0.29, 0.717) is 0 Å². The van der Waals surface area contributed by atoms with Crippen molar-refractivity contribution < 1.29 is 33.8 Å². The summed E-state index contributed by atoms with van der Waals surface area (Å²) < 4.78 is 9.77. The largest absolute Gasteiger partial charge is 0.481 e. The van der Waals surface area contributed by atoms with Gasteiger partial charge in [-0.3, -0.25) is 9.59 Å². The number of carbonyl (C=O) groups excluding carboxylic acids is 3. The molecule has 0 bridgehead atoms. The average molecular weight is 394 g/mol. The van der Waals surface area contributed by atoms with Gasteiger partial charge >= 0.3 is 18.0 Å². The van der Waals surface area contributed by atoms with E-state index in [4.69, 9.17) is 14.6 Å². The van der Waals surface area contributed by atoms with Crippen molar-refractivity contribution in [3.8, 4) is 0 Å². The molecule has 9 heteroatoms. The zero-order valence-corrected chi connectivity index (χ0v) is 16.4. The number of benzene rings is 1. The smallest absolute Gasteiger partial charge is 0.408 e. The molecule has 1 aromatic rings. The third kappa shape index (κ3) is 8.52. The highest BCUT2D eigenvalue weighted by Gasteiger charge is 2.30. The zero-order valence-electron chi connectivity index (χ0n) is 16.4. The molecule has 0 fully saturated rings. The van der Waals surface area contributed by atoms with Crippen LogP contribution in [-0.2, 0) is 30.3 Å². The third-order valence-electron chi connectivity index (χ3n) is 3.47. The van der Waals surface area contributed by atoms with Crippen molar-refractivity contribution >= 4 is 23.9 Å². The van der Waals surface area contributed by atoms with Gasteiger partial charge < -0.3 is 25.2 Å². The van der Waals surface area contributed by atoms with Crippen molar-refractivity contribution in [1.29, 1.82) is 0 Å². The predicted octanol–water partition coefficient (Wildman–Crippen LogP) is 1.25. The maximum absolute atomic E-state index is 12.5. The summed E-state index contributed by atoms with van der Waals surface area (Å²) in [6.45, 7) is 4.89. The number of carboxylic acids is 1. The van der Waals surface area contributed by atoms with Crippen LogP contribution in [-0.4, -0.2) is 53.8 Å². The molecule has 0 aliphatic rings. The fourth-order valence-electron chi connectivity index (χ4n) is 2.29. The van der Waals surface area contributed by atoms with Crippen molar-refractivity contribution in [2.75, 3.05) is 7.11 Å².